The first-order chi connectivity index (χ1) is 4.86. The summed E-state index contributed by atoms with van der Waals surface area (Å²) in [6.45, 7) is 1.90. The molecule has 0 aliphatic rings. The molecular weight excluding hydrogens is 128 g/mol. The van der Waals surface area contributed by atoms with Crippen molar-refractivity contribution in [2.45, 2.75) is 6.92 Å². The van der Waals surface area contributed by atoms with Crippen LogP contribution < -0.4 is 0 Å². The van der Waals surface area contributed by atoms with Crippen LogP contribution in [0.5, 0.6) is 0 Å². The van der Waals surface area contributed by atoms with Crippen LogP contribution in [-0.2, 0) is 0 Å². The van der Waals surface area contributed by atoms with Gasteiger partial charge < -0.3 is 4.98 Å². The first kappa shape index (κ1) is 5.34. The smallest absolute Gasteiger partial charge is 0.110 e. The van der Waals surface area contributed by atoms with Crippen molar-refractivity contribution >= 4 is 11.0 Å². The molecular formula is C6H6N4. The highest BCUT2D eigenvalue weighted by molar-refractivity contribution is 5.72. The fraction of sp³-hybridized carbons (Fsp3) is 0.167. The van der Waals surface area contributed by atoms with E-state index in [2.05, 4.69) is 20.2 Å². The maximum atomic E-state index is 4.16. The van der Waals surface area contributed by atoms with Crippen LogP contribution in [-0.4, -0.2) is 20.2 Å². The Morgan fingerprint density at radius 2 is 2.10 bits per heavy atom. The van der Waals surface area contributed by atoms with Gasteiger partial charge in [-0.3, -0.25) is 0 Å². The number of nitrogens with one attached hydrogen (secondary N) is 1. The summed E-state index contributed by atoms with van der Waals surface area (Å²) in [6.07, 6.45) is 3.30. The third kappa shape index (κ3) is 0.655. The second-order valence-corrected chi connectivity index (χ2v) is 2.11. The standard InChI is InChI=1S/C6H6N4/c1-4-9-5-2-7-8-3-6(5)10-4/h2-3H,1H3,(H,9,10). The van der Waals surface area contributed by atoms with E-state index in [9.17, 15) is 0 Å². The SMILES string of the molecule is Cc1nc2cnncc2[nH]1. The summed E-state index contributed by atoms with van der Waals surface area (Å²) < 4.78 is 0. The van der Waals surface area contributed by atoms with E-state index in [-0.39, 0.29) is 0 Å². The van der Waals surface area contributed by atoms with Crippen LogP contribution in [0, 0.1) is 6.92 Å². The Morgan fingerprint density at radius 3 is 2.90 bits per heavy atom. The van der Waals surface area contributed by atoms with Crippen LogP contribution in [0.25, 0.3) is 11.0 Å². The van der Waals surface area contributed by atoms with Gasteiger partial charge in [-0.1, -0.05) is 0 Å². The highest BCUT2D eigenvalue weighted by atomic mass is 15.1. The maximum Gasteiger partial charge on any atom is 0.110 e. The molecule has 0 aromatic carbocycles. The number of rotatable bonds is 0. The number of imidazole rings is 1. The van der Waals surface area contributed by atoms with Gasteiger partial charge in [-0.05, 0) is 6.92 Å². The number of H-pyrrole nitrogens is 1. The van der Waals surface area contributed by atoms with Crippen molar-refractivity contribution in [3.8, 4) is 0 Å². The molecule has 0 radical (unpaired) electrons. The second-order valence-electron chi connectivity index (χ2n) is 2.11. The molecule has 2 aromatic heterocycles. The minimum absolute atomic E-state index is 0.868. The van der Waals surface area contributed by atoms with E-state index >= 15 is 0 Å². The third-order valence-corrected chi connectivity index (χ3v) is 1.31. The van der Waals surface area contributed by atoms with Crippen LogP contribution >= 0.6 is 0 Å². The zero-order chi connectivity index (χ0) is 6.97. The van der Waals surface area contributed by atoms with E-state index in [0.29, 0.717) is 0 Å². The summed E-state index contributed by atoms with van der Waals surface area (Å²) in [5, 5.41) is 7.40. The molecule has 2 aromatic rings. The largest absolute Gasteiger partial charge is 0.341 e. The van der Waals surface area contributed by atoms with Crippen molar-refractivity contribution < 1.29 is 0 Å². The van der Waals surface area contributed by atoms with Crippen LogP contribution in [0.4, 0.5) is 0 Å². The molecule has 0 unspecified atom stereocenters. The van der Waals surface area contributed by atoms with Gasteiger partial charge in [0.25, 0.3) is 0 Å². The van der Waals surface area contributed by atoms with Gasteiger partial charge in [-0.2, -0.15) is 10.2 Å². The van der Waals surface area contributed by atoms with Gasteiger partial charge in [0.05, 0.1) is 17.9 Å². The first-order valence-electron chi connectivity index (χ1n) is 2.99. The normalized spacial score (nSPS) is 10.5. The van der Waals surface area contributed by atoms with Crippen molar-refractivity contribution in [3.63, 3.8) is 0 Å². The van der Waals surface area contributed by atoms with Gasteiger partial charge in [0.2, 0.25) is 0 Å². The molecule has 0 spiro atoms. The van der Waals surface area contributed by atoms with Crippen molar-refractivity contribution in [2.75, 3.05) is 0 Å². The van der Waals surface area contributed by atoms with Crippen LogP contribution in [0.2, 0.25) is 0 Å². The van der Waals surface area contributed by atoms with Gasteiger partial charge in [0.15, 0.2) is 0 Å². The van der Waals surface area contributed by atoms with E-state index in [1.807, 2.05) is 6.92 Å². The fourth-order valence-electron chi connectivity index (χ4n) is 0.904. The van der Waals surface area contributed by atoms with Crippen LogP contribution in [0.3, 0.4) is 0 Å². The van der Waals surface area contributed by atoms with Crippen molar-refractivity contribution in [1.82, 2.24) is 20.2 Å². The Labute approximate surface area is 57.3 Å². The Hall–Kier alpha value is -1.45. The highest BCUT2D eigenvalue weighted by Gasteiger charge is 1.95. The molecule has 0 aliphatic heterocycles. The van der Waals surface area contributed by atoms with Crippen molar-refractivity contribution in [1.29, 1.82) is 0 Å². The Kier molecular flexibility index (Phi) is 0.943. The summed E-state index contributed by atoms with van der Waals surface area (Å²) >= 11 is 0. The van der Waals surface area contributed by atoms with Gasteiger partial charge in [0, 0.05) is 0 Å². The van der Waals surface area contributed by atoms with Crippen LogP contribution in [0.15, 0.2) is 12.4 Å². The molecule has 10 heavy (non-hydrogen) atoms. The quantitative estimate of drug-likeness (QED) is 0.575. The molecule has 4 nitrogen and oxygen atoms in total. The number of hydrogen-bond donors (Lipinski definition) is 1. The summed E-state index contributed by atoms with van der Waals surface area (Å²) in [4.78, 5) is 7.20. The topological polar surface area (TPSA) is 54.5 Å². The Morgan fingerprint density at radius 1 is 1.30 bits per heavy atom. The average Bonchev–Trinajstić information content (AvgIpc) is 2.27. The summed E-state index contributed by atoms with van der Waals surface area (Å²) in [5.74, 6) is 0.893. The minimum Gasteiger partial charge on any atom is -0.341 e. The predicted octanol–water partition coefficient (Wildman–Crippen LogP) is 0.661. The molecule has 1 N–H and O–H groups in total. The monoisotopic (exact) mass is 134 g/mol. The summed E-state index contributed by atoms with van der Waals surface area (Å²) in [7, 11) is 0. The lowest BCUT2D eigenvalue weighted by Gasteiger charge is -1.79. The van der Waals surface area contributed by atoms with Gasteiger partial charge in [0.1, 0.15) is 11.3 Å². The summed E-state index contributed by atoms with van der Waals surface area (Å²) in [6, 6.07) is 0. The summed E-state index contributed by atoms with van der Waals surface area (Å²) in [5.41, 5.74) is 1.81. The van der Waals surface area contributed by atoms with E-state index in [4.69, 9.17) is 0 Å². The van der Waals surface area contributed by atoms with E-state index in [0.717, 1.165) is 16.9 Å². The molecule has 0 fully saturated rings. The zero-order valence-corrected chi connectivity index (χ0v) is 5.50. The number of aromatic nitrogens is 4. The number of aromatic amines is 1. The number of nitrogens with zero attached hydrogens (tertiary/aromatic N) is 3. The van der Waals surface area contributed by atoms with Crippen molar-refractivity contribution in [3.05, 3.63) is 18.2 Å². The lowest BCUT2D eigenvalue weighted by atomic mass is 10.5. The molecule has 0 saturated carbocycles. The molecule has 0 amide bonds. The van der Waals surface area contributed by atoms with Crippen LogP contribution in [0.1, 0.15) is 5.82 Å². The predicted molar refractivity (Wildman–Crippen MR) is 36.4 cm³/mol. The Bertz CT molecular complexity index is 318. The molecule has 2 heterocycles. The van der Waals surface area contributed by atoms with Gasteiger partial charge in [-0.15, -0.1) is 0 Å². The maximum absolute atomic E-state index is 4.16. The lowest BCUT2D eigenvalue weighted by Crippen LogP contribution is -1.76. The zero-order valence-electron chi connectivity index (χ0n) is 5.50. The van der Waals surface area contributed by atoms with E-state index < -0.39 is 0 Å². The Balaban J connectivity index is 2.88. The third-order valence-electron chi connectivity index (χ3n) is 1.31. The number of fused-ring (bicyclic) bond motifs is 1. The average molecular weight is 134 g/mol. The minimum atomic E-state index is 0.868. The second kappa shape index (κ2) is 1.76. The number of aryl methyl sites for hydroxylation is 1. The van der Waals surface area contributed by atoms with Crippen molar-refractivity contribution in [2.24, 2.45) is 0 Å². The molecule has 0 atom stereocenters. The molecule has 2 rings (SSSR count). The van der Waals surface area contributed by atoms with Gasteiger partial charge in [-0.25, -0.2) is 4.98 Å². The molecule has 0 bridgehead atoms. The van der Waals surface area contributed by atoms with Gasteiger partial charge >= 0.3 is 0 Å². The lowest BCUT2D eigenvalue weighted by molar-refractivity contribution is 1.05. The molecule has 0 saturated heterocycles. The highest BCUT2D eigenvalue weighted by Crippen LogP contribution is 2.05. The molecule has 50 valence electrons. The number of hydrogen-bond acceptors (Lipinski definition) is 3. The molecule has 0 aliphatic carbocycles. The first-order valence-corrected chi connectivity index (χ1v) is 2.99. The fourth-order valence-corrected chi connectivity index (χ4v) is 0.904. The molecule has 4 heteroatoms. The van der Waals surface area contributed by atoms with E-state index in [1.165, 1.54) is 0 Å². The van der Waals surface area contributed by atoms with E-state index in [1.54, 1.807) is 12.4 Å².